The Morgan fingerprint density at radius 2 is 2.40 bits per heavy atom. The minimum Gasteiger partial charge on any atom is -0.269 e. The van der Waals surface area contributed by atoms with Gasteiger partial charge in [0.1, 0.15) is 0 Å². The Hall–Kier alpha value is -0.500. The predicted molar refractivity (Wildman–Crippen MR) is 63.1 cm³/mol. The quantitative estimate of drug-likeness (QED) is 0.718. The molecule has 1 aromatic heterocycles. The lowest BCUT2D eigenvalue weighted by Crippen LogP contribution is -2.19. The Morgan fingerprint density at radius 1 is 1.53 bits per heavy atom. The molecule has 0 aliphatic heterocycles. The summed E-state index contributed by atoms with van der Waals surface area (Å²) >= 11 is 5.78. The largest absolute Gasteiger partial charge is 0.269 e. The lowest BCUT2D eigenvalue weighted by atomic mass is 9.84. The summed E-state index contributed by atoms with van der Waals surface area (Å²) in [5.41, 5.74) is 1.13. The molecule has 0 aromatic carbocycles. The van der Waals surface area contributed by atoms with E-state index in [1.54, 1.807) is 0 Å². The van der Waals surface area contributed by atoms with Crippen LogP contribution in [0.4, 0.5) is 0 Å². The summed E-state index contributed by atoms with van der Waals surface area (Å²) in [5, 5.41) is 4.41. The van der Waals surface area contributed by atoms with Gasteiger partial charge in [-0.3, -0.25) is 4.68 Å². The number of aromatic nitrogens is 2. The van der Waals surface area contributed by atoms with Crippen molar-refractivity contribution in [2.75, 3.05) is 0 Å². The Labute approximate surface area is 96.6 Å². The first-order valence-electron chi connectivity index (χ1n) is 5.92. The zero-order valence-electron chi connectivity index (χ0n) is 9.32. The first-order valence-corrected chi connectivity index (χ1v) is 6.46. The summed E-state index contributed by atoms with van der Waals surface area (Å²) in [5.74, 6) is 1.47. The molecule has 1 saturated carbocycles. The van der Waals surface area contributed by atoms with E-state index >= 15 is 0 Å². The molecule has 2 unspecified atom stereocenters. The number of alkyl halides is 1. The van der Waals surface area contributed by atoms with Gasteiger partial charge in [0.25, 0.3) is 0 Å². The maximum Gasteiger partial charge on any atom is 0.0534 e. The molecule has 1 heterocycles. The van der Waals surface area contributed by atoms with E-state index in [0.717, 1.165) is 11.5 Å². The van der Waals surface area contributed by atoms with E-state index in [0.29, 0.717) is 11.9 Å². The molecule has 0 radical (unpaired) electrons. The molecule has 2 atom stereocenters. The van der Waals surface area contributed by atoms with Crippen LogP contribution in [-0.2, 0) is 5.88 Å². The van der Waals surface area contributed by atoms with Crippen LogP contribution in [0.1, 0.15) is 50.6 Å². The Balaban J connectivity index is 2.03. The van der Waals surface area contributed by atoms with Crippen LogP contribution in [0.25, 0.3) is 0 Å². The summed E-state index contributed by atoms with van der Waals surface area (Å²) in [6.07, 6.45) is 10.6. The minimum atomic E-state index is 0.573. The van der Waals surface area contributed by atoms with Gasteiger partial charge in [-0.1, -0.05) is 26.2 Å². The third kappa shape index (κ3) is 2.54. The van der Waals surface area contributed by atoms with E-state index in [-0.39, 0.29) is 0 Å². The fraction of sp³-hybridized carbons (Fsp3) is 0.750. The fourth-order valence-electron chi connectivity index (χ4n) is 2.52. The van der Waals surface area contributed by atoms with Crippen molar-refractivity contribution in [1.82, 2.24) is 9.78 Å². The smallest absolute Gasteiger partial charge is 0.0534 e. The van der Waals surface area contributed by atoms with Crippen molar-refractivity contribution in [1.29, 1.82) is 0 Å². The monoisotopic (exact) mass is 226 g/mol. The maximum absolute atomic E-state index is 5.78. The average molecular weight is 227 g/mol. The van der Waals surface area contributed by atoms with Crippen molar-refractivity contribution in [2.24, 2.45) is 5.92 Å². The molecule has 1 fully saturated rings. The average Bonchev–Trinajstić information content (AvgIpc) is 2.78. The molecule has 3 heteroatoms. The predicted octanol–water partition coefficient (Wildman–Crippen LogP) is 3.76. The fourth-order valence-corrected chi connectivity index (χ4v) is 2.66. The molecule has 0 spiro atoms. The van der Waals surface area contributed by atoms with Gasteiger partial charge in [0.2, 0.25) is 0 Å². The Morgan fingerprint density at radius 3 is 3.07 bits per heavy atom. The first kappa shape index (κ1) is 11.0. The van der Waals surface area contributed by atoms with Gasteiger partial charge >= 0.3 is 0 Å². The van der Waals surface area contributed by atoms with Gasteiger partial charge < -0.3 is 0 Å². The molecule has 2 nitrogen and oxygen atoms in total. The molecule has 84 valence electrons. The standard InChI is InChI=1S/C12H19ClN2/c1-2-10-4-3-5-12(6-10)15-9-11(7-13)8-14-15/h8-10,12H,2-7H2,1H3. The highest BCUT2D eigenvalue weighted by molar-refractivity contribution is 6.17. The molecule has 0 saturated heterocycles. The Kier molecular flexibility index (Phi) is 3.68. The lowest BCUT2D eigenvalue weighted by molar-refractivity contribution is 0.247. The van der Waals surface area contributed by atoms with Crippen LogP contribution in [0.5, 0.6) is 0 Å². The van der Waals surface area contributed by atoms with E-state index in [4.69, 9.17) is 11.6 Å². The third-order valence-corrected chi connectivity index (χ3v) is 3.82. The lowest BCUT2D eigenvalue weighted by Gasteiger charge is -2.28. The van der Waals surface area contributed by atoms with Crippen LogP contribution in [0, 0.1) is 5.92 Å². The molecular weight excluding hydrogens is 208 g/mol. The minimum absolute atomic E-state index is 0.573. The highest BCUT2D eigenvalue weighted by Gasteiger charge is 2.22. The van der Waals surface area contributed by atoms with Gasteiger partial charge in [-0.15, -0.1) is 11.6 Å². The third-order valence-electron chi connectivity index (χ3n) is 3.52. The van der Waals surface area contributed by atoms with Crippen molar-refractivity contribution in [3.63, 3.8) is 0 Å². The normalized spacial score (nSPS) is 26.8. The van der Waals surface area contributed by atoms with E-state index in [1.165, 1.54) is 32.1 Å². The zero-order valence-corrected chi connectivity index (χ0v) is 10.1. The second-order valence-electron chi connectivity index (χ2n) is 4.56. The molecule has 2 rings (SSSR count). The summed E-state index contributed by atoms with van der Waals surface area (Å²) in [4.78, 5) is 0. The first-order chi connectivity index (χ1) is 7.33. The van der Waals surface area contributed by atoms with Crippen LogP contribution in [0.2, 0.25) is 0 Å². The zero-order chi connectivity index (χ0) is 10.7. The van der Waals surface area contributed by atoms with Crippen LogP contribution in [0.3, 0.4) is 0 Å². The Bertz CT molecular complexity index is 308. The summed E-state index contributed by atoms with van der Waals surface area (Å²) in [6, 6.07) is 0.612. The van der Waals surface area contributed by atoms with Crippen molar-refractivity contribution < 1.29 is 0 Å². The van der Waals surface area contributed by atoms with Crippen molar-refractivity contribution >= 4 is 11.6 Å². The second kappa shape index (κ2) is 5.02. The number of halogens is 1. The van der Waals surface area contributed by atoms with E-state index in [2.05, 4.69) is 22.9 Å². The van der Waals surface area contributed by atoms with E-state index in [9.17, 15) is 0 Å². The highest BCUT2D eigenvalue weighted by Crippen LogP contribution is 2.33. The van der Waals surface area contributed by atoms with Crippen LogP contribution in [-0.4, -0.2) is 9.78 Å². The highest BCUT2D eigenvalue weighted by atomic mass is 35.5. The molecule has 1 aliphatic carbocycles. The molecule has 0 bridgehead atoms. The van der Waals surface area contributed by atoms with Crippen molar-refractivity contribution in [3.05, 3.63) is 18.0 Å². The molecule has 0 N–H and O–H groups in total. The molecule has 1 aromatic rings. The van der Waals surface area contributed by atoms with E-state index in [1.807, 2.05) is 6.20 Å². The molecule has 15 heavy (non-hydrogen) atoms. The summed E-state index contributed by atoms with van der Waals surface area (Å²) in [6.45, 7) is 2.29. The van der Waals surface area contributed by atoms with Crippen LogP contribution >= 0.6 is 11.6 Å². The van der Waals surface area contributed by atoms with Gasteiger partial charge in [0.15, 0.2) is 0 Å². The molecular formula is C12H19ClN2. The van der Waals surface area contributed by atoms with E-state index < -0.39 is 0 Å². The van der Waals surface area contributed by atoms with Gasteiger partial charge in [0.05, 0.1) is 18.1 Å². The molecule has 0 amide bonds. The van der Waals surface area contributed by atoms with Crippen LogP contribution in [0.15, 0.2) is 12.4 Å². The second-order valence-corrected chi connectivity index (χ2v) is 4.82. The number of hydrogen-bond acceptors (Lipinski definition) is 1. The van der Waals surface area contributed by atoms with Crippen molar-refractivity contribution in [3.8, 4) is 0 Å². The van der Waals surface area contributed by atoms with Crippen LogP contribution < -0.4 is 0 Å². The summed E-state index contributed by atoms with van der Waals surface area (Å²) in [7, 11) is 0. The van der Waals surface area contributed by atoms with Crippen molar-refractivity contribution in [2.45, 2.75) is 50.9 Å². The van der Waals surface area contributed by atoms with Gasteiger partial charge in [0, 0.05) is 11.8 Å². The molecule has 1 aliphatic rings. The number of nitrogens with zero attached hydrogens (tertiary/aromatic N) is 2. The van der Waals surface area contributed by atoms with Gasteiger partial charge in [-0.2, -0.15) is 5.10 Å². The summed E-state index contributed by atoms with van der Waals surface area (Å²) < 4.78 is 2.12. The topological polar surface area (TPSA) is 17.8 Å². The van der Waals surface area contributed by atoms with Gasteiger partial charge in [-0.25, -0.2) is 0 Å². The SMILES string of the molecule is CCC1CCCC(n2cc(CCl)cn2)C1. The number of hydrogen-bond donors (Lipinski definition) is 0. The van der Waals surface area contributed by atoms with Gasteiger partial charge in [-0.05, 0) is 18.8 Å². The maximum atomic E-state index is 5.78. The number of rotatable bonds is 3.